The Morgan fingerprint density at radius 1 is 1.07 bits per heavy atom. The summed E-state index contributed by atoms with van der Waals surface area (Å²) >= 11 is 0. The molecule has 1 aliphatic heterocycles. The van der Waals surface area contributed by atoms with Crippen molar-refractivity contribution in [1.29, 1.82) is 0 Å². The van der Waals surface area contributed by atoms with Gasteiger partial charge in [0.05, 0.1) is 12.5 Å². The van der Waals surface area contributed by atoms with E-state index in [2.05, 4.69) is 40.2 Å². The number of fused-ring (bicyclic) bond motifs is 1. The Morgan fingerprint density at radius 2 is 1.78 bits per heavy atom. The minimum Gasteiger partial charge on any atom is -0.361 e. The Bertz CT molecular complexity index is 896. The predicted molar refractivity (Wildman–Crippen MR) is 110 cm³/mol. The molecule has 1 saturated heterocycles. The lowest BCUT2D eigenvalue weighted by atomic mass is 10.0. The number of carbonyl (C=O) groups is 1. The topological polar surface area (TPSA) is 39.3 Å². The highest BCUT2D eigenvalue weighted by Gasteiger charge is 2.26. The van der Waals surface area contributed by atoms with Crippen LogP contribution in [-0.2, 0) is 11.2 Å². The molecule has 1 amide bonds. The molecule has 1 N–H and O–H groups in total. The first-order valence-corrected chi connectivity index (χ1v) is 9.80. The minimum absolute atomic E-state index is 0.0852. The maximum absolute atomic E-state index is 13.1. The molecule has 4 heteroatoms. The van der Waals surface area contributed by atoms with Gasteiger partial charge in [-0.1, -0.05) is 48.5 Å². The molecule has 0 aliphatic carbocycles. The van der Waals surface area contributed by atoms with E-state index < -0.39 is 0 Å². The number of aromatic nitrogens is 1. The van der Waals surface area contributed by atoms with Crippen molar-refractivity contribution in [2.75, 3.05) is 26.7 Å². The second kappa shape index (κ2) is 7.97. The molecular formula is C23H27N3O. The molecule has 4 nitrogen and oxygen atoms in total. The molecule has 2 heterocycles. The van der Waals surface area contributed by atoms with Crippen LogP contribution in [0.5, 0.6) is 0 Å². The number of para-hydroxylation sites is 1. The normalized spacial score (nSPS) is 15.9. The van der Waals surface area contributed by atoms with Crippen molar-refractivity contribution in [3.8, 4) is 0 Å². The van der Waals surface area contributed by atoms with E-state index in [1.165, 1.54) is 18.4 Å². The van der Waals surface area contributed by atoms with Crippen LogP contribution in [0.25, 0.3) is 10.9 Å². The van der Waals surface area contributed by atoms with Crippen LogP contribution in [0, 0.1) is 0 Å². The monoisotopic (exact) mass is 361 g/mol. The van der Waals surface area contributed by atoms with Gasteiger partial charge in [0.25, 0.3) is 0 Å². The summed E-state index contributed by atoms with van der Waals surface area (Å²) in [7, 11) is 1.95. The second-order valence-corrected chi connectivity index (χ2v) is 7.48. The number of H-pyrrole nitrogens is 1. The van der Waals surface area contributed by atoms with Gasteiger partial charge in [-0.25, -0.2) is 0 Å². The smallest absolute Gasteiger partial charge is 0.227 e. The summed E-state index contributed by atoms with van der Waals surface area (Å²) in [6, 6.07) is 18.7. The fraction of sp³-hybridized carbons (Fsp3) is 0.348. The first kappa shape index (κ1) is 17.8. The number of nitrogens with zero attached hydrogens (tertiary/aromatic N) is 2. The van der Waals surface area contributed by atoms with E-state index in [0.717, 1.165) is 36.1 Å². The van der Waals surface area contributed by atoms with E-state index in [1.807, 2.05) is 42.4 Å². The average Bonchev–Trinajstić information content (AvgIpc) is 3.36. The van der Waals surface area contributed by atoms with Crippen molar-refractivity contribution >= 4 is 16.8 Å². The van der Waals surface area contributed by atoms with Crippen LogP contribution >= 0.6 is 0 Å². The lowest BCUT2D eigenvalue weighted by molar-refractivity contribution is -0.131. The molecular weight excluding hydrogens is 334 g/mol. The van der Waals surface area contributed by atoms with E-state index >= 15 is 0 Å². The first-order valence-electron chi connectivity index (χ1n) is 9.80. The highest BCUT2D eigenvalue weighted by molar-refractivity contribution is 5.89. The molecule has 1 aliphatic rings. The molecule has 3 aromatic rings. The summed E-state index contributed by atoms with van der Waals surface area (Å²) in [4.78, 5) is 20.8. The molecule has 0 spiro atoms. The lowest BCUT2D eigenvalue weighted by Crippen LogP contribution is -2.39. The van der Waals surface area contributed by atoms with Crippen LogP contribution in [0.15, 0.2) is 60.8 Å². The summed E-state index contributed by atoms with van der Waals surface area (Å²) < 4.78 is 0. The molecule has 140 valence electrons. The van der Waals surface area contributed by atoms with Crippen molar-refractivity contribution in [2.45, 2.75) is 25.3 Å². The molecule has 1 atom stereocenters. The van der Waals surface area contributed by atoms with Crippen molar-refractivity contribution in [1.82, 2.24) is 14.8 Å². The van der Waals surface area contributed by atoms with Gasteiger partial charge in [-0.3, -0.25) is 4.79 Å². The average molecular weight is 361 g/mol. The van der Waals surface area contributed by atoms with Gasteiger partial charge in [-0.15, -0.1) is 0 Å². The number of hydrogen-bond donors (Lipinski definition) is 1. The molecule has 2 aromatic carbocycles. The van der Waals surface area contributed by atoms with Crippen molar-refractivity contribution in [3.05, 3.63) is 71.9 Å². The third kappa shape index (κ3) is 3.91. The van der Waals surface area contributed by atoms with E-state index in [1.54, 1.807) is 0 Å². The summed E-state index contributed by atoms with van der Waals surface area (Å²) in [5.74, 6) is 0.160. The van der Waals surface area contributed by atoms with Crippen molar-refractivity contribution in [2.24, 2.45) is 0 Å². The number of aromatic amines is 1. The van der Waals surface area contributed by atoms with E-state index in [0.29, 0.717) is 6.42 Å². The number of likely N-dealkylation sites (tertiary alicyclic amines) is 1. The van der Waals surface area contributed by atoms with Crippen LogP contribution in [0.2, 0.25) is 0 Å². The molecule has 1 fully saturated rings. The molecule has 1 unspecified atom stereocenters. The van der Waals surface area contributed by atoms with E-state index in [-0.39, 0.29) is 11.9 Å². The number of nitrogens with one attached hydrogen (secondary N) is 1. The number of benzene rings is 2. The third-order valence-electron chi connectivity index (χ3n) is 5.69. The molecule has 0 radical (unpaired) electrons. The summed E-state index contributed by atoms with van der Waals surface area (Å²) in [6.45, 7) is 3.17. The van der Waals surface area contributed by atoms with E-state index in [9.17, 15) is 4.79 Å². The largest absolute Gasteiger partial charge is 0.361 e. The van der Waals surface area contributed by atoms with Gasteiger partial charge in [0.15, 0.2) is 0 Å². The van der Waals surface area contributed by atoms with Gasteiger partial charge in [-0.2, -0.15) is 0 Å². The Kier molecular flexibility index (Phi) is 5.26. The maximum atomic E-state index is 13.1. The zero-order chi connectivity index (χ0) is 18.6. The molecule has 0 saturated carbocycles. The van der Waals surface area contributed by atoms with Crippen molar-refractivity contribution in [3.63, 3.8) is 0 Å². The number of hydrogen-bond acceptors (Lipinski definition) is 2. The van der Waals surface area contributed by atoms with Crippen molar-refractivity contribution < 1.29 is 4.79 Å². The zero-order valence-electron chi connectivity index (χ0n) is 15.9. The van der Waals surface area contributed by atoms with Crippen LogP contribution in [0.1, 0.15) is 30.0 Å². The maximum Gasteiger partial charge on any atom is 0.227 e. The van der Waals surface area contributed by atoms with Crippen LogP contribution < -0.4 is 0 Å². The fourth-order valence-corrected chi connectivity index (χ4v) is 4.08. The summed E-state index contributed by atoms with van der Waals surface area (Å²) in [5, 5.41) is 1.13. The predicted octanol–water partition coefficient (Wildman–Crippen LogP) is 4.01. The van der Waals surface area contributed by atoms with Gasteiger partial charge >= 0.3 is 0 Å². The number of rotatable bonds is 6. The molecule has 27 heavy (non-hydrogen) atoms. The minimum atomic E-state index is 0.0852. The first-order chi connectivity index (χ1) is 13.2. The van der Waals surface area contributed by atoms with Crippen LogP contribution in [0.3, 0.4) is 0 Å². The van der Waals surface area contributed by atoms with Gasteiger partial charge in [0.2, 0.25) is 5.91 Å². The zero-order valence-corrected chi connectivity index (χ0v) is 15.9. The van der Waals surface area contributed by atoms with Crippen LogP contribution in [0.4, 0.5) is 0 Å². The second-order valence-electron chi connectivity index (χ2n) is 7.48. The Labute approximate surface area is 160 Å². The number of amides is 1. The van der Waals surface area contributed by atoms with Gasteiger partial charge < -0.3 is 14.8 Å². The summed E-state index contributed by atoms with van der Waals surface area (Å²) in [6.07, 6.45) is 4.90. The highest BCUT2D eigenvalue weighted by atomic mass is 16.2. The lowest BCUT2D eigenvalue weighted by Gasteiger charge is -2.32. The standard InChI is InChI=1S/C23H27N3O/c1-25(23(27)15-19-16-24-21-12-6-5-11-20(19)21)22(17-26-13-7-8-14-26)18-9-3-2-4-10-18/h2-6,9-12,16,22,24H,7-8,13-15,17H2,1H3. The number of carbonyl (C=O) groups excluding carboxylic acids is 1. The third-order valence-corrected chi connectivity index (χ3v) is 5.69. The molecule has 0 bridgehead atoms. The van der Waals surface area contributed by atoms with E-state index in [4.69, 9.17) is 0 Å². The molecule has 1 aromatic heterocycles. The Morgan fingerprint density at radius 3 is 2.56 bits per heavy atom. The van der Waals surface area contributed by atoms with Gasteiger partial charge in [-0.05, 0) is 43.1 Å². The van der Waals surface area contributed by atoms with Crippen LogP contribution in [-0.4, -0.2) is 47.4 Å². The molecule has 4 rings (SSSR count). The number of likely N-dealkylation sites (N-methyl/N-ethyl adjacent to an activating group) is 1. The Hall–Kier alpha value is -2.59. The van der Waals surface area contributed by atoms with Gasteiger partial charge in [0, 0.05) is 30.7 Å². The quantitative estimate of drug-likeness (QED) is 0.721. The fourth-order valence-electron chi connectivity index (χ4n) is 4.08. The van der Waals surface area contributed by atoms with Gasteiger partial charge in [0.1, 0.15) is 0 Å². The highest BCUT2D eigenvalue weighted by Crippen LogP contribution is 2.25. The summed E-state index contributed by atoms with van der Waals surface area (Å²) in [5.41, 5.74) is 3.36. The Balaban J connectivity index is 1.54. The SMILES string of the molecule is CN(C(=O)Cc1c[nH]c2ccccc12)C(CN1CCCC1)c1ccccc1.